The second-order valence-corrected chi connectivity index (χ2v) is 12.0. The second kappa shape index (κ2) is 16.6. The molecule has 38 heavy (non-hydrogen) atoms. The molecule has 0 heterocycles. The van der Waals surface area contributed by atoms with Gasteiger partial charge in [-0.3, -0.25) is 0 Å². The molecule has 5 heteroatoms. The Bertz CT molecular complexity index is 928. The van der Waals surface area contributed by atoms with Crippen LogP contribution in [0.2, 0.25) is 0 Å². The van der Waals surface area contributed by atoms with Gasteiger partial charge in [0.15, 0.2) is 0 Å². The van der Waals surface area contributed by atoms with Crippen LogP contribution in [0.25, 0.3) is 0 Å². The van der Waals surface area contributed by atoms with Crippen LogP contribution >= 0.6 is 0 Å². The van der Waals surface area contributed by atoms with Crippen molar-refractivity contribution < 1.29 is 19.9 Å². The van der Waals surface area contributed by atoms with Crippen molar-refractivity contribution in [2.75, 3.05) is 56.4 Å². The highest BCUT2D eigenvalue weighted by atomic mass is 16.0. The monoisotopic (exact) mass is 514 g/mol. The molecular weight excluding hydrogens is 467 g/mol. The van der Waals surface area contributed by atoms with Gasteiger partial charge in [-0.2, -0.15) is 0 Å². The Morgan fingerprint density at radius 3 is 0.842 bits per heavy atom. The first kappa shape index (κ1) is 34.8. The second-order valence-electron chi connectivity index (χ2n) is 12.0. The summed E-state index contributed by atoms with van der Waals surface area (Å²) in [6, 6.07) is 43.4. The van der Waals surface area contributed by atoms with Gasteiger partial charge >= 0.3 is 0 Å². The lowest BCUT2D eigenvalue weighted by Crippen LogP contribution is -2.47. The van der Waals surface area contributed by atoms with E-state index in [-0.39, 0.29) is 23.5 Å². The molecule has 2 N–H and O–H groups in total. The van der Waals surface area contributed by atoms with Gasteiger partial charge in [-0.05, 0) is 16.9 Å². The van der Waals surface area contributed by atoms with Crippen molar-refractivity contribution >= 4 is 17.6 Å². The fraction of sp³-hybridized carbons (Fsp3) is 0.273. The molecule has 4 aromatic carbocycles. The maximum absolute atomic E-state index is 2.25. The van der Waals surface area contributed by atoms with Crippen LogP contribution in [0.3, 0.4) is 0 Å². The molecule has 204 valence electrons. The molecule has 0 aromatic heterocycles. The molecule has 4 nitrogen and oxygen atoms in total. The molecule has 0 amide bonds. The fourth-order valence-electron chi connectivity index (χ4n) is 3.80. The third-order valence-electron chi connectivity index (χ3n) is 4.97. The van der Waals surface area contributed by atoms with E-state index in [0.717, 1.165) is 8.97 Å². The Balaban J connectivity index is 0.000000984. The van der Waals surface area contributed by atoms with Gasteiger partial charge in [0.1, 0.15) is 0 Å². The average Bonchev–Trinajstić information content (AvgIpc) is 2.82. The Kier molecular flexibility index (Phi) is 15.2. The quantitative estimate of drug-likeness (QED) is 0.279. The normalized spacial score (nSPS) is 10.4. The highest BCUT2D eigenvalue weighted by Crippen LogP contribution is 2.27. The van der Waals surface area contributed by atoms with Crippen molar-refractivity contribution in [1.82, 2.24) is 0 Å². The zero-order valence-electron chi connectivity index (χ0n) is 24.5. The van der Waals surface area contributed by atoms with Gasteiger partial charge in [0.2, 0.25) is 6.71 Å². The largest absolute Gasteiger partial charge is 0.870 e. The first-order valence-corrected chi connectivity index (χ1v) is 12.7. The minimum atomic E-state index is 0. The van der Waals surface area contributed by atoms with Gasteiger partial charge in [-0.15, -0.1) is 0 Å². The molecule has 4 rings (SSSR count). The maximum atomic E-state index is 2.25. The molecule has 0 aliphatic carbocycles. The van der Waals surface area contributed by atoms with Crippen LogP contribution in [-0.2, 0) is 0 Å². The average molecular weight is 515 g/mol. The highest BCUT2D eigenvalue weighted by Gasteiger charge is 2.31. The van der Waals surface area contributed by atoms with Crippen molar-refractivity contribution in [2.45, 2.75) is 5.82 Å². The van der Waals surface area contributed by atoms with Crippen molar-refractivity contribution in [1.29, 1.82) is 0 Å². The van der Waals surface area contributed by atoms with E-state index >= 15 is 0 Å². The summed E-state index contributed by atoms with van der Waals surface area (Å²) < 4.78 is 2.00. The summed E-state index contributed by atoms with van der Waals surface area (Å²) in [6.45, 7) is 0.266. The molecule has 0 saturated heterocycles. The lowest BCUT2D eigenvalue weighted by Gasteiger charge is -2.26. The van der Waals surface area contributed by atoms with E-state index in [1.54, 1.807) is 0 Å². The number of nitrogens with zero attached hydrogens (tertiary/aromatic N) is 2. The maximum Gasteiger partial charge on any atom is 0.221 e. The van der Waals surface area contributed by atoms with Crippen LogP contribution in [0.1, 0.15) is 16.9 Å². The third-order valence-corrected chi connectivity index (χ3v) is 4.97. The molecule has 0 atom stereocenters. The smallest absolute Gasteiger partial charge is 0.221 e. The zero-order chi connectivity index (χ0) is 26.6. The molecule has 0 radical (unpaired) electrons. The Hall–Kier alpha value is -3.22. The van der Waals surface area contributed by atoms with E-state index < -0.39 is 0 Å². The van der Waals surface area contributed by atoms with Crippen molar-refractivity contribution in [3.8, 4) is 0 Å². The van der Waals surface area contributed by atoms with Crippen LogP contribution in [0, 0.1) is 0 Å². The summed E-state index contributed by atoms with van der Waals surface area (Å²) in [7, 11) is 17.0. The molecular formula is C33H47BN2O2. The zero-order valence-corrected chi connectivity index (χ0v) is 24.5. The minimum absolute atomic E-state index is 0. The first-order chi connectivity index (χ1) is 16.9. The fourth-order valence-corrected chi connectivity index (χ4v) is 3.80. The lowest BCUT2D eigenvalue weighted by molar-refractivity contribution is -0.849. The first-order valence-electron chi connectivity index (χ1n) is 12.7. The third kappa shape index (κ3) is 13.9. The van der Waals surface area contributed by atoms with Crippen LogP contribution in [0.5, 0.6) is 0 Å². The minimum Gasteiger partial charge on any atom is -0.870 e. The predicted molar refractivity (Wildman–Crippen MR) is 164 cm³/mol. The summed E-state index contributed by atoms with van der Waals surface area (Å²) >= 11 is 0. The topological polar surface area (TPSA) is 60.0 Å². The van der Waals surface area contributed by atoms with Gasteiger partial charge in [-0.25, -0.2) is 0 Å². The number of hydrogen-bond acceptors (Lipinski definition) is 2. The SMILES string of the molecule is C[N+](C)(C)C.C[N+](C)(C)C.[OH-].[OH-].c1ccc(B(c2ccccc2)C(c2ccccc2)c2ccccc2)cc1. The molecule has 0 aliphatic heterocycles. The van der Waals surface area contributed by atoms with Crippen LogP contribution in [-0.4, -0.2) is 83.0 Å². The Labute approximate surface area is 232 Å². The Morgan fingerprint density at radius 1 is 0.395 bits per heavy atom. The standard InChI is InChI=1S/C25H21B.2C4H12N.2H2O/c1-5-13-21(14-6-1)25(22-15-7-2-8-16-22)26(23-17-9-3-10-18-23)24-19-11-4-12-20-24;2*1-5(2,3)4;;/h1-20,25H;2*1-4H3;2*1H2/q;2*+1;;/p-2. The van der Waals surface area contributed by atoms with Gasteiger partial charge < -0.3 is 19.9 Å². The number of hydrogen-bond donors (Lipinski definition) is 0. The van der Waals surface area contributed by atoms with Gasteiger partial charge in [0, 0.05) is 0 Å². The summed E-state index contributed by atoms with van der Waals surface area (Å²) in [6.07, 6.45) is 0. The van der Waals surface area contributed by atoms with Crippen molar-refractivity contribution in [3.63, 3.8) is 0 Å². The molecule has 0 fully saturated rings. The highest BCUT2D eigenvalue weighted by molar-refractivity contribution is 6.86. The van der Waals surface area contributed by atoms with E-state index in [1.807, 2.05) is 0 Å². The number of rotatable bonds is 5. The molecule has 0 spiro atoms. The van der Waals surface area contributed by atoms with E-state index in [1.165, 1.54) is 22.1 Å². The Morgan fingerprint density at radius 2 is 0.605 bits per heavy atom. The summed E-state index contributed by atoms with van der Waals surface area (Å²) in [5.41, 5.74) is 5.38. The lowest BCUT2D eigenvalue weighted by atomic mass is 9.31. The van der Waals surface area contributed by atoms with E-state index in [0.29, 0.717) is 0 Å². The van der Waals surface area contributed by atoms with Gasteiger partial charge in [0.05, 0.1) is 56.4 Å². The van der Waals surface area contributed by atoms with Crippen molar-refractivity contribution in [3.05, 3.63) is 132 Å². The predicted octanol–water partition coefficient (Wildman–Crippen LogP) is 4.96. The summed E-state index contributed by atoms with van der Waals surface area (Å²) in [5, 5.41) is 0. The molecule has 0 saturated carbocycles. The van der Waals surface area contributed by atoms with Gasteiger partial charge in [0.25, 0.3) is 0 Å². The molecule has 4 aromatic rings. The summed E-state index contributed by atoms with van der Waals surface area (Å²) in [5.74, 6) is 0.266. The summed E-state index contributed by atoms with van der Waals surface area (Å²) in [4.78, 5) is 0. The van der Waals surface area contributed by atoms with E-state index in [2.05, 4.69) is 178 Å². The number of benzene rings is 4. The van der Waals surface area contributed by atoms with Gasteiger partial charge in [-0.1, -0.05) is 132 Å². The van der Waals surface area contributed by atoms with Crippen LogP contribution in [0.15, 0.2) is 121 Å². The number of quaternary nitrogens is 2. The molecule has 0 bridgehead atoms. The van der Waals surface area contributed by atoms with E-state index in [4.69, 9.17) is 0 Å². The molecule has 0 unspecified atom stereocenters. The van der Waals surface area contributed by atoms with Crippen LogP contribution < -0.4 is 10.9 Å². The molecule has 0 aliphatic rings. The van der Waals surface area contributed by atoms with Crippen LogP contribution in [0.4, 0.5) is 0 Å². The van der Waals surface area contributed by atoms with Crippen molar-refractivity contribution in [2.24, 2.45) is 0 Å². The van der Waals surface area contributed by atoms with E-state index in [9.17, 15) is 0 Å².